The Morgan fingerprint density at radius 3 is 2.75 bits per heavy atom. The second-order valence-corrected chi connectivity index (χ2v) is 5.19. The standard InChI is InChI=1S/C11H15N3OS/c1-9(8-16(3)15)14(2)11-5-4-10(6-12)13-7-11/h4-5,7,9H,8H2,1-3H3. The average molecular weight is 237 g/mol. The van der Waals surface area contributed by atoms with Gasteiger partial charge >= 0.3 is 0 Å². The second kappa shape index (κ2) is 5.61. The minimum atomic E-state index is -0.810. The summed E-state index contributed by atoms with van der Waals surface area (Å²) in [7, 11) is 1.12. The quantitative estimate of drug-likeness (QED) is 0.788. The maximum absolute atomic E-state index is 11.1. The lowest BCUT2D eigenvalue weighted by Gasteiger charge is -2.25. The fraction of sp³-hybridized carbons (Fsp3) is 0.455. The van der Waals surface area contributed by atoms with E-state index in [0.717, 1.165) is 5.69 Å². The molecule has 2 unspecified atom stereocenters. The van der Waals surface area contributed by atoms with E-state index in [1.807, 2.05) is 31.0 Å². The number of anilines is 1. The van der Waals surface area contributed by atoms with E-state index in [2.05, 4.69) is 4.98 Å². The van der Waals surface area contributed by atoms with Crippen molar-refractivity contribution in [2.24, 2.45) is 0 Å². The van der Waals surface area contributed by atoms with E-state index in [1.165, 1.54) is 0 Å². The second-order valence-electron chi connectivity index (χ2n) is 3.71. The molecule has 0 aliphatic heterocycles. The van der Waals surface area contributed by atoms with E-state index in [9.17, 15) is 4.21 Å². The van der Waals surface area contributed by atoms with Gasteiger partial charge in [-0.15, -0.1) is 0 Å². The molecule has 1 heterocycles. The molecule has 0 amide bonds. The monoisotopic (exact) mass is 237 g/mol. The van der Waals surface area contributed by atoms with Crippen LogP contribution in [0.1, 0.15) is 12.6 Å². The summed E-state index contributed by atoms with van der Waals surface area (Å²) in [5, 5.41) is 8.63. The third-order valence-electron chi connectivity index (χ3n) is 2.41. The van der Waals surface area contributed by atoms with E-state index in [1.54, 1.807) is 18.5 Å². The van der Waals surface area contributed by atoms with Gasteiger partial charge in [-0.2, -0.15) is 5.26 Å². The van der Waals surface area contributed by atoms with Crippen LogP contribution in [0.25, 0.3) is 0 Å². The minimum absolute atomic E-state index is 0.181. The summed E-state index contributed by atoms with van der Waals surface area (Å²) < 4.78 is 11.1. The topological polar surface area (TPSA) is 57.0 Å². The molecule has 0 fully saturated rings. The van der Waals surface area contributed by atoms with Gasteiger partial charge in [0.25, 0.3) is 0 Å². The van der Waals surface area contributed by atoms with Crippen LogP contribution in [0.4, 0.5) is 5.69 Å². The average Bonchev–Trinajstić information content (AvgIpc) is 2.27. The molecular formula is C11H15N3OS. The number of nitrogens with zero attached hydrogens (tertiary/aromatic N) is 3. The van der Waals surface area contributed by atoms with Crippen molar-refractivity contribution in [3.05, 3.63) is 24.0 Å². The predicted octanol–water partition coefficient (Wildman–Crippen LogP) is 1.16. The summed E-state index contributed by atoms with van der Waals surface area (Å²) in [6, 6.07) is 5.69. The Labute approximate surface area is 98.4 Å². The molecule has 16 heavy (non-hydrogen) atoms. The zero-order chi connectivity index (χ0) is 12.1. The molecule has 1 rings (SSSR count). The lowest BCUT2D eigenvalue weighted by atomic mass is 10.3. The van der Waals surface area contributed by atoms with Gasteiger partial charge in [0.05, 0.1) is 11.9 Å². The lowest BCUT2D eigenvalue weighted by molar-refractivity contribution is 0.675. The zero-order valence-corrected chi connectivity index (χ0v) is 10.5. The first-order valence-electron chi connectivity index (χ1n) is 4.93. The van der Waals surface area contributed by atoms with Crippen molar-refractivity contribution < 1.29 is 4.21 Å². The van der Waals surface area contributed by atoms with Crippen molar-refractivity contribution in [1.29, 1.82) is 5.26 Å². The summed E-state index contributed by atoms with van der Waals surface area (Å²) in [5.41, 5.74) is 1.33. The largest absolute Gasteiger partial charge is 0.370 e. The Hall–Kier alpha value is -1.41. The molecule has 5 heteroatoms. The summed E-state index contributed by atoms with van der Waals surface area (Å²) in [6.45, 7) is 2.01. The molecule has 0 radical (unpaired) electrons. The minimum Gasteiger partial charge on any atom is -0.370 e. The number of hydrogen-bond acceptors (Lipinski definition) is 4. The molecule has 0 N–H and O–H groups in total. The number of aromatic nitrogens is 1. The van der Waals surface area contributed by atoms with Crippen LogP contribution in [0.5, 0.6) is 0 Å². The lowest BCUT2D eigenvalue weighted by Crippen LogP contribution is -2.33. The summed E-state index contributed by atoms with van der Waals surface area (Å²) in [5.74, 6) is 0.622. The van der Waals surface area contributed by atoms with Crippen LogP contribution in [0.2, 0.25) is 0 Å². The van der Waals surface area contributed by atoms with E-state index >= 15 is 0 Å². The third kappa shape index (κ3) is 3.31. The van der Waals surface area contributed by atoms with Crippen molar-refractivity contribution in [2.45, 2.75) is 13.0 Å². The van der Waals surface area contributed by atoms with Gasteiger partial charge in [0.1, 0.15) is 11.8 Å². The van der Waals surface area contributed by atoms with Gasteiger partial charge in [0, 0.05) is 35.9 Å². The van der Waals surface area contributed by atoms with Crippen LogP contribution in [-0.2, 0) is 10.8 Å². The van der Waals surface area contributed by atoms with Crippen LogP contribution in [-0.4, -0.2) is 34.3 Å². The molecule has 0 bridgehead atoms. The van der Waals surface area contributed by atoms with Crippen LogP contribution in [0, 0.1) is 11.3 Å². The van der Waals surface area contributed by atoms with Gasteiger partial charge in [-0.25, -0.2) is 4.98 Å². The van der Waals surface area contributed by atoms with Crippen molar-refractivity contribution in [3.63, 3.8) is 0 Å². The molecule has 0 spiro atoms. The van der Waals surface area contributed by atoms with E-state index in [-0.39, 0.29) is 6.04 Å². The molecule has 4 nitrogen and oxygen atoms in total. The van der Waals surface area contributed by atoms with E-state index < -0.39 is 10.8 Å². The first-order chi connectivity index (χ1) is 7.54. The number of pyridine rings is 1. The zero-order valence-electron chi connectivity index (χ0n) is 9.67. The molecule has 1 aromatic heterocycles. The fourth-order valence-electron chi connectivity index (χ4n) is 1.37. The Morgan fingerprint density at radius 2 is 2.31 bits per heavy atom. The van der Waals surface area contributed by atoms with Crippen LogP contribution in [0.3, 0.4) is 0 Å². The Balaban J connectivity index is 2.76. The molecule has 86 valence electrons. The van der Waals surface area contributed by atoms with Crippen LogP contribution in [0.15, 0.2) is 18.3 Å². The molecule has 2 atom stereocenters. The summed E-state index contributed by atoms with van der Waals surface area (Å²) >= 11 is 0. The molecule has 0 saturated carbocycles. The Morgan fingerprint density at radius 1 is 1.62 bits per heavy atom. The highest BCUT2D eigenvalue weighted by atomic mass is 32.2. The first kappa shape index (κ1) is 12.7. The summed E-state index contributed by atoms with van der Waals surface area (Å²) in [4.78, 5) is 6.01. The van der Waals surface area contributed by atoms with Crippen LogP contribution >= 0.6 is 0 Å². The number of rotatable bonds is 4. The molecule has 0 aliphatic rings. The third-order valence-corrected chi connectivity index (χ3v) is 3.36. The molecular weight excluding hydrogens is 222 g/mol. The smallest absolute Gasteiger partial charge is 0.140 e. The highest BCUT2D eigenvalue weighted by Gasteiger charge is 2.11. The normalized spacial score (nSPS) is 13.9. The van der Waals surface area contributed by atoms with Crippen molar-refractivity contribution in [2.75, 3.05) is 24.0 Å². The van der Waals surface area contributed by atoms with Gasteiger partial charge in [0.15, 0.2) is 0 Å². The maximum Gasteiger partial charge on any atom is 0.140 e. The number of hydrogen-bond donors (Lipinski definition) is 0. The van der Waals surface area contributed by atoms with Crippen molar-refractivity contribution in [1.82, 2.24) is 4.98 Å². The van der Waals surface area contributed by atoms with E-state index in [0.29, 0.717) is 11.4 Å². The molecule has 0 aliphatic carbocycles. The van der Waals surface area contributed by atoms with E-state index in [4.69, 9.17) is 5.26 Å². The Kier molecular flexibility index (Phi) is 4.44. The summed E-state index contributed by atoms with van der Waals surface area (Å²) in [6.07, 6.45) is 3.36. The van der Waals surface area contributed by atoms with Gasteiger partial charge < -0.3 is 4.90 Å². The van der Waals surface area contributed by atoms with Gasteiger partial charge in [0.2, 0.25) is 0 Å². The van der Waals surface area contributed by atoms with Crippen molar-refractivity contribution in [3.8, 4) is 6.07 Å². The molecule has 0 saturated heterocycles. The molecule has 0 aromatic carbocycles. The van der Waals surface area contributed by atoms with Gasteiger partial charge in [-0.3, -0.25) is 4.21 Å². The Bertz CT molecular complexity index is 410. The van der Waals surface area contributed by atoms with Crippen LogP contribution < -0.4 is 4.90 Å². The van der Waals surface area contributed by atoms with Gasteiger partial charge in [-0.1, -0.05) is 0 Å². The van der Waals surface area contributed by atoms with Gasteiger partial charge in [-0.05, 0) is 19.1 Å². The SMILES string of the molecule is CC(CS(C)=O)N(C)c1ccc(C#N)nc1. The highest BCUT2D eigenvalue weighted by molar-refractivity contribution is 7.84. The van der Waals surface area contributed by atoms with Crippen molar-refractivity contribution >= 4 is 16.5 Å². The number of nitriles is 1. The highest BCUT2D eigenvalue weighted by Crippen LogP contribution is 2.14. The fourth-order valence-corrected chi connectivity index (χ4v) is 2.27. The molecule has 1 aromatic rings. The first-order valence-corrected chi connectivity index (χ1v) is 6.66. The maximum atomic E-state index is 11.1. The predicted molar refractivity (Wildman–Crippen MR) is 65.8 cm³/mol.